The molecular weight excluding hydrogens is 296 g/mol. The monoisotopic (exact) mass is 312 g/mol. The van der Waals surface area contributed by atoms with Gasteiger partial charge in [-0.3, -0.25) is 4.79 Å². The van der Waals surface area contributed by atoms with Gasteiger partial charge in [-0.2, -0.15) is 0 Å². The van der Waals surface area contributed by atoms with Gasteiger partial charge in [0.15, 0.2) is 0 Å². The summed E-state index contributed by atoms with van der Waals surface area (Å²) in [6.07, 6.45) is 0. The van der Waals surface area contributed by atoms with Gasteiger partial charge in [0.25, 0.3) is 0 Å². The topological polar surface area (TPSA) is 52.6 Å². The summed E-state index contributed by atoms with van der Waals surface area (Å²) in [5.41, 5.74) is 1.06. The van der Waals surface area contributed by atoms with Crippen molar-refractivity contribution in [2.75, 3.05) is 24.5 Å². The molecule has 0 saturated carbocycles. The van der Waals surface area contributed by atoms with E-state index in [1.54, 1.807) is 0 Å². The summed E-state index contributed by atoms with van der Waals surface area (Å²) >= 11 is 3.45. The smallest absolute Gasteiger partial charge is 0.309 e. The zero-order valence-electron chi connectivity index (χ0n) is 10.3. The van der Waals surface area contributed by atoms with Crippen molar-refractivity contribution in [3.05, 3.63) is 28.7 Å². The third-order valence-corrected chi connectivity index (χ3v) is 3.66. The van der Waals surface area contributed by atoms with E-state index in [9.17, 15) is 9.90 Å². The van der Waals surface area contributed by atoms with Crippen LogP contribution in [0, 0.1) is 5.92 Å². The van der Waals surface area contributed by atoms with E-state index >= 15 is 0 Å². The standard InChI is InChI=1S/C13H17BrN2O2/c1-9-7-16(8-10(6-15-9)13(17)18)12-4-2-3-11(14)5-12/h2-5,9-10,15H,6-8H2,1H3,(H,17,18). The zero-order valence-corrected chi connectivity index (χ0v) is 11.9. The van der Waals surface area contributed by atoms with Crippen LogP contribution in [0.3, 0.4) is 0 Å². The van der Waals surface area contributed by atoms with Crippen LogP contribution in [0.2, 0.25) is 0 Å². The fraction of sp³-hybridized carbons (Fsp3) is 0.462. The van der Waals surface area contributed by atoms with Crippen molar-refractivity contribution in [2.45, 2.75) is 13.0 Å². The van der Waals surface area contributed by atoms with E-state index in [1.165, 1.54) is 0 Å². The molecule has 2 N–H and O–H groups in total. The number of carboxylic acids is 1. The van der Waals surface area contributed by atoms with Gasteiger partial charge in [-0.25, -0.2) is 0 Å². The van der Waals surface area contributed by atoms with Crippen LogP contribution in [0.1, 0.15) is 6.92 Å². The predicted octanol–water partition coefficient (Wildman–Crippen LogP) is 1.95. The molecule has 2 unspecified atom stereocenters. The second-order valence-corrected chi connectivity index (χ2v) is 5.64. The lowest BCUT2D eigenvalue weighted by Crippen LogP contribution is -2.35. The lowest BCUT2D eigenvalue weighted by molar-refractivity contribution is -0.141. The van der Waals surface area contributed by atoms with Crippen molar-refractivity contribution in [1.29, 1.82) is 0 Å². The van der Waals surface area contributed by atoms with Crippen LogP contribution in [-0.2, 0) is 4.79 Å². The maximum Gasteiger partial charge on any atom is 0.309 e. The maximum absolute atomic E-state index is 11.2. The van der Waals surface area contributed by atoms with E-state index in [0.29, 0.717) is 13.1 Å². The summed E-state index contributed by atoms with van der Waals surface area (Å²) in [6, 6.07) is 8.27. The molecule has 18 heavy (non-hydrogen) atoms. The zero-order chi connectivity index (χ0) is 13.1. The first-order chi connectivity index (χ1) is 8.56. The molecule has 1 fully saturated rings. The number of nitrogens with zero attached hydrogens (tertiary/aromatic N) is 1. The lowest BCUT2D eigenvalue weighted by Gasteiger charge is -2.26. The van der Waals surface area contributed by atoms with Crippen molar-refractivity contribution in [3.8, 4) is 0 Å². The SMILES string of the molecule is CC1CN(c2cccc(Br)c2)CC(C(=O)O)CN1. The van der Waals surface area contributed by atoms with Gasteiger partial charge in [0, 0.05) is 35.8 Å². The Morgan fingerprint density at radius 1 is 1.50 bits per heavy atom. The van der Waals surface area contributed by atoms with Crippen molar-refractivity contribution < 1.29 is 9.90 Å². The first-order valence-corrected chi connectivity index (χ1v) is 6.82. The fourth-order valence-electron chi connectivity index (χ4n) is 2.19. The van der Waals surface area contributed by atoms with Crippen LogP contribution in [0.15, 0.2) is 28.7 Å². The maximum atomic E-state index is 11.2. The van der Waals surface area contributed by atoms with Gasteiger partial charge in [-0.1, -0.05) is 22.0 Å². The van der Waals surface area contributed by atoms with Crippen molar-refractivity contribution in [2.24, 2.45) is 5.92 Å². The number of rotatable bonds is 2. The number of hydrogen-bond donors (Lipinski definition) is 2. The highest BCUT2D eigenvalue weighted by Gasteiger charge is 2.26. The summed E-state index contributed by atoms with van der Waals surface area (Å²) < 4.78 is 1.01. The Balaban J connectivity index is 2.21. The van der Waals surface area contributed by atoms with Crippen LogP contribution >= 0.6 is 15.9 Å². The fourth-order valence-corrected chi connectivity index (χ4v) is 2.58. The van der Waals surface area contributed by atoms with Gasteiger partial charge < -0.3 is 15.3 Å². The minimum Gasteiger partial charge on any atom is -0.481 e. The molecule has 2 atom stereocenters. The number of carbonyl (C=O) groups is 1. The van der Waals surface area contributed by atoms with Gasteiger partial charge in [-0.15, -0.1) is 0 Å². The van der Waals surface area contributed by atoms with Crippen LogP contribution < -0.4 is 10.2 Å². The van der Waals surface area contributed by atoms with Crippen LogP contribution in [0.25, 0.3) is 0 Å². The summed E-state index contributed by atoms with van der Waals surface area (Å²) in [4.78, 5) is 13.3. The van der Waals surface area contributed by atoms with Gasteiger partial charge in [0.05, 0.1) is 5.92 Å². The molecule has 4 nitrogen and oxygen atoms in total. The molecule has 5 heteroatoms. The van der Waals surface area contributed by atoms with Crippen LogP contribution in [0.4, 0.5) is 5.69 Å². The van der Waals surface area contributed by atoms with Gasteiger partial charge in [-0.05, 0) is 25.1 Å². The Morgan fingerprint density at radius 2 is 2.28 bits per heavy atom. The lowest BCUT2D eigenvalue weighted by atomic mass is 10.1. The molecule has 1 aliphatic heterocycles. The first kappa shape index (κ1) is 13.4. The number of hydrogen-bond acceptors (Lipinski definition) is 3. The molecule has 2 rings (SSSR count). The Labute approximate surface area is 115 Å². The molecule has 98 valence electrons. The number of nitrogens with one attached hydrogen (secondary N) is 1. The van der Waals surface area contributed by atoms with Crippen molar-refractivity contribution in [1.82, 2.24) is 5.32 Å². The summed E-state index contributed by atoms with van der Waals surface area (Å²) in [7, 11) is 0. The van der Waals surface area contributed by atoms with Gasteiger partial charge in [0.1, 0.15) is 0 Å². The minimum atomic E-state index is -0.739. The third kappa shape index (κ3) is 3.23. The van der Waals surface area contributed by atoms with Crippen LogP contribution in [-0.4, -0.2) is 36.8 Å². The van der Waals surface area contributed by atoms with E-state index < -0.39 is 5.97 Å². The largest absolute Gasteiger partial charge is 0.481 e. The van der Waals surface area contributed by atoms with E-state index in [2.05, 4.69) is 33.1 Å². The summed E-state index contributed by atoms with van der Waals surface area (Å²) in [5, 5.41) is 12.4. The van der Waals surface area contributed by atoms with Crippen molar-refractivity contribution in [3.63, 3.8) is 0 Å². The van der Waals surface area contributed by atoms with Gasteiger partial charge in [0.2, 0.25) is 0 Å². The average molecular weight is 313 g/mol. The summed E-state index contributed by atoms with van der Waals surface area (Å²) in [5.74, 6) is -1.11. The normalized spacial score (nSPS) is 24.7. The molecule has 0 aromatic heterocycles. The van der Waals surface area contributed by atoms with Gasteiger partial charge >= 0.3 is 5.97 Å². The Hall–Kier alpha value is -1.07. The molecule has 0 spiro atoms. The first-order valence-electron chi connectivity index (χ1n) is 6.03. The highest BCUT2D eigenvalue weighted by Crippen LogP contribution is 2.22. The third-order valence-electron chi connectivity index (χ3n) is 3.17. The molecule has 1 saturated heterocycles. The van der Waals surface area contributed by atoms with E-state index in [-0.39, 0.29) is 12.0 Å². The Morgan fingerprint density at radius 3 is 2.94 bits per heavy atom. The van der Waals surface area contributed by atoms with E-state index in [1.807, 2.05) is 24.3 Å². The average Bonchev–Trinajstić information content (AvgIpc) is 2.51. The second-order valence-electron chi connectivity index (χ2n) is 4.73. The number of aliphatic carboxylic acids is 1. The second kappa shape index (κ2) is 5.71. The molecule has 0 bridgehead atoms. The molecule has 1 aromatic rings. The quantitative estimate of drug-likeness (QED) is 0.876. The Kier molecular flexibility index (Phi) is 4.24. The molecule has 0 amide bonds. The number of benzene rings is 1. The molecule has 1 aliphatic rings. The molecule has 1 heterocycles. The number of anilines is 1. The molecule has 0 aliphatic carbocycles. The molecule has 0 radical (unpaired) electrons. The summed E-state index contributed by atoms with van der Waals surface area (Å²) in [6.45, 7) is 3.97. The molecular formula is C13H17BrN2O2. The van der Waals surface area contributed by atoms with Crippen LogP contribution in [0.5, 0.6) is 0 Å². The minimum absolute atomic E-state index is 0.285. The van der Waals surface area contributed by atoms with E-state index in [4.69, 9.17) is 0 Å². The molecule has 1 aromatic carbocycles. The highest BCUT2D eigenvalue weighted by molar-refractivity contribution is 9.10. The predicted molar refractivity (Wildman–Crippen MR) is 74.9 cm³/mol. The van der Waals surface area contributed by atoms with Crippen molar-refractivity contribution >= 4 is 27.6 Å². The number of halogens is 1. The number of carboxylic acid groups (broad SMARTS) is 1. The Bertz CT molecular complexity index is 439. The van der Waals surface area contributed by atoms with E-state index in [0.717, 1.165) is 16.7 Å². The highest BCUT2D eigenvalue weighted by atomic mass is 79.9.